The molecule has 0 saturated carbocycles. The van der Waals surface area contributed by atoms with Crippen LogP contribution in [0.3, 0.4) is 0 Å². The lowest BCUT2D eigenvalue weighted by Crippen LogP contribution is -2.13. The lowest BCUT2D eigenvalue weighted by molar-refractivity contribution is 0.140. The van der Waals surface area contributed by atoms with E-state index < -0.39 is 6.09 Å². The first kappa shape index (κ1) is 18.0. The molecule has 0 aliphatic carbocycles. The number of unbranched alkanes of at least 4 members (excludes halogenated alkanes) is 9. The molecule has 5 heteroatoms. The van der Waals surface area contributed by atoms with Crippen LogP contribution in [0.2, 0.25) is 0 Å². The molecule has 0 heterocycles. The van der Waals surface area contributed by atoms with E-state index in [0.29, 0.717) is 6.61 Å². The van der Waals surface area contributed by atoms with Gasteiger partial charge in [0.2, 0.25) is 0 Å². The van der Waals surface area contributed by atoms with Gasteiger partial charge in [0.1, 0.15) is 0 Å². The quantitative estimate of drug-likeness (QED) is 0.413. The maximum absolute atomic E-state index is 11.0. The third kappa shape index (κ3) is 12.4. The van der Waals surface area contributed by atoms with Crippen molar-refractivity contribution in [1.29, 1.82) is 0 Å². The van der Waals surface area contributed by atoms with E-state index in [9.17, 15) is 4.79 Å². The van der Waals surface area contributed by atoms with Crippen molar-refractivity contribution in [2.24, 2.45) is 0 Å². The average molecular weight is 293 g/mol. The van der Waals surface area contributed by atoms with E-state index in [-0.39, 0.29) is 0 Å². The van der Waals surface area contributed by atoms with Crippen molar-refractivity contribution >= 4 is 31.7 Å². The summed E-state index contributed by atoms with van der Waals surface area (Å²) in [7, 11) is 0. The fourth-order valence-electron chi connectivity index (χ4n) is 1.81. The van der Waals surface area contributed by atoms with Crippen molar-refractivity contribution in [3.8, 4) is 0 Å². The van der Waals surface area contributed by atoms with Crippen LogP contribution in [-0.4, -0.2) is 16.4 Å². The molecule has 1 amide bonds. The van der Waals surface area contributed by atoms with E-state index >= 15 is 0 Å². The second kappa shape index (κ2) is 13.4. The molecule has 108 valence electrons. The maximum Gasteiger partial charge on any atom is 0.429 e. The number of ether oxygens (including phenoxy) is 1. The summed E-state index contributed by atoms with van der Waals surface area (Å²) < 4.78 is 5.77. The minimum atomic E-state index is -0.502. The lowest BCUT2D eigenvalue weighted by atomic mass is 10.1. The van der Waals surface area contributed by atoms with Gasteiger partial charge < -0.3 is 4.74 Å². The van der Waals surface area contributed by atoms with E-state index in [4.69, 9.17) is 4.74 Å². The first-order valence-corrected chi connectivity index (χ1v) is 7.83. The van der Waals surface area contributed by atoms with Crippen LogP contribution in [0.15, 0.2) is 0 Å². The average Bonchev–Trinajstić information content (AvgIpc) is 2.35. The molecule has 0 aromatic heterocycles. The molecule has 18 heavy (non-hydrogen) atoms. The van der Waals surface area contributed by atoms with Gasteiger partial charge in [-0.1, -0.05) is 64.7 Å². The molecule has 0 aliphatic rings. The van der Waals surface area contributed by atoms with Crippen LogP contribution >= 0.6 is 25.6 Å². The zero-order valence-electron chi connectivity index (χ0n) is 11.4. The van der Waals surface area contributed by atoms with Gasteiger partial charge in [0.25, 0.3) is 0 Å². The van der Waals surface area contributed by atoms with Crippen LogP contribution < -0.4 is 0 Å². The Hall–Kier alpha value is -0.0300. The Morgan fingerprint density at radius 3 is 1.78 bits per heavy atom. The van der Waals surface area contributed by atoms with E-state index in [1.54, 1.807) is 0 Å². The molecule has 0 atom stereocenters. The minimum Gasteiger partial charge on any atom is -0.448 e. The Balaban J connectivity index is 3.05. The second-order valence-electron chi connectivity index (χ2n) is 4.59. The molecule has 0 N–H and O–H groups in total. The number of amides is 1. The Bertz CT molecular complexity index is 201. The Morgan fingerprint density at radius 1 is 0.889 bits per heavy atom. The van der Waals surface area contributed by atoms with E-state index in [2.05, 4.69) is 32.6 Å². The molecule has 3 nitrogen and oxygen atoms in total. The number of hydrogen-bond donors (Lipinski definition) is 2. The summed E-state index contributed by atoms with van der Waals surface area (Å²) in [5.74, 6) is 0. The molecule has 0 aliphatic heterocycles. The van der Waals surface area contributed by atoms with E-state index in [1.165, 1.54) is 51.4 Å². The predicted molar refractivity (Wildman–Crippen MR) is 83.0 cm³/mol. The minimum absolute atomic E-state index is 0.465. The van der Waals surface area contributed by atoms with Gasteiger partial charge in [-0.2, -0.15) is 3.71 Å². The molecule has 0 spiro atoms. The van der Waals surface area contributed by atoms with Gasteiger partial charge >= 0.3 is 6.09 Å². The number of rotatable bonds is 11. The van der Waals surface area contributed by atoms with Crippen molar-refractivity contribution in [3.63, 3.8) is 0 Å². The van der Waals surface area contributed by atoms with Crippen LogP contribution in [0.4, 0.5) is 4.79 Å². The van der Waals surface area contributed by atoms with Crippen LogP contribution in [0.25, 0.3) is 0 Å². The first-order chi connectivity index (χ1) is 8.68. The highest BCUT2D eigenvalue weighted by Crippen LogP contribution is 2.10. The van der Waals surface area contributed by atoms with Crippen molar-refractivity contribution in [3.05, 3.63) is 0 Å². The number of thiol groups is 2. The maximum atomic E-state index is 11.0. The standard InChI is InChI=1S/C13H27NO2S2/c1-2-3-4-5-6-7-8-9-10-11-12-16-13(15)14(17)18/h17-18H,2-12H2,1H3. The monoisotopic (exact) mass is 293 g/mol. The summed E-state index contributed by atoms with van der Waals surface area (Å²) in [6, 6.07) is 0. The second-order valence-corrected chi connectivity index (χ2v) is 5.70. The Kier molecular flexibility index (Phi) is 13.4. The zero-order valence-corrected chi connectivity index (χ0v) is 13.2. The Morgan fingerprint density at radius 2 is 1.33 bits per heavy atom. The van der Waals surface area contributed by atoms with Crippen LogP contribution in [0.1, 0.15) is 71.1 Å². The summed E-state index contributed by atoms with van der Waals surface area (Å²) in [5, 5.41) is 0. The van der Waals surface area contributed by atoms with Gasteiger partial charge in [-0.05, 0) is 32.1 Å². The number of carbonyl (C=O) groups is 1. The van der Waals surface area contributed by atoms with Gasteiger partial charge in [-0.3, -0.25) is 0 Å². The van der Waals surface area contributed by atoms with Gasteiger partial charge in [0.05, 0.1) is 6.61 Å². The molecule has 0 aromatic carbocycles. The summed E-state index contributed by atoms with van der Waals surface area (Å²) in [6.45, 7) is 2.71. The number of carbonyl (C=O) groups excluding carboxylic acids is 1. The normalized spacial score (nSPS) is 10.4. The van der Waals surface area contributed by atoms with E-state index in [0.717, 1.165) is 16.6 Å². The van der Waals surface area contributed by atoms with Crippen LogP contribution in [0, 0.1) is 0 Å². The molecular weight excluding hydrogens is 266 g/mol. The highest BCUT2D eigenvalue weighted by Gasteiger charge is 2.05. The largest absolute Gasteiger partial charge is 0.448 e. The predicted octanol–water partition coefficient (Wildman–Crippen LogP) is 5.04. The lowest BCUT2D eigenvalue weighted by Gasteiger charge is -2.08. The van der Waals surface area contributed by atoms with Gasteiger partial charge in [-0.25, -0.2) is 4.79 Å². The summed E-state index contributed by atoms with van der Waals surface area (Å²) in [6.07, 6.45) is 12.2. The molecule has 0 unspecified atom stereocenters. The Labute approximate surface area is 123 Å². The number of hydrogen-bond acceptors (Lipinski definition) is 4. The number of nitrogens with zero attached hydrogens (tertiary/aromatic N) is 1. The first-order valence-electron chi connectivity index (χ1n) is 7.03. The van der Waals surface area contributed by atoms with Crippen molar-refractivity contribution in [1.82, 2.24) is 3.71 Å². The van der Waals surface area contributed by atoms with Gasteiger partial charge in [-0.15, -0.1) is 0 Å². The van der Waals surface area contributed by atoms with Gasteiger partial charge in [0, 0.05) is 0 Å². The molecular formula is C13H27NO2S2. The molecule has 0 saturated heterocycles. The van der Waals surface area contributed by atoms with Gasteiger partial charge in [0.15, 0.2) is 0 Å². The SMILES string of the molecule is CCCCCCCCCCCCOC(=O)N(S)S. The van der Waals surface area contributed by atoms with Crippen molar-refractivity contribution in [2.45, 2.75) is 71.1 Å². The van der Waals surface area contributed by atoms with Crippen LogP contribution in [0.5, 0.6) is 0 Å². The molecule has 0 fully saturated rings. The summed E-state index contributed by atoms with van der Waals surface area (Å²) in [5.41, 5.74) is 0. The van der Waals surface area contributed by atoms with E-state index in [1.807, 2.05) is 0 Å². The summed E-state index contributed by atoms with van der Waals surface area (Å²) in [4.78, 5) is 11.0. The highest BCUT2D eigenvalue weighted by atomic mass is 32.2. The smallest absolute Gasteiger partial charge is 0.429 e. The molecule has 0 aromatic rings. The fourth-order valence-corrected chi connectivity index (χ4v) is 1.92. The molecule has 0 bridgehead atoms. The molecule has 0 radical (unpaired) electrons. The van der Waals surface area contributed by atoms with Crippen LogP contribution in [-0.2, 0) is 4.74 Å². The summed E-state index contributed by atoms with van der Waals surface area (Å²) >= 11 is 7.44. The molecule has 0 rings (SSSR count). The zero-order chi connectivity index (χ0) is 13.6. The fraction of sp³-hybridized carbons (Fsp3) is 0.923. The van der Waals surface area contributed by atoms with Crippen molar-refractivity contribution < 1.29 is 9.53 Å². The topological polar surface area (TPSA) is 29.5 Å². The highest BCUT2D eigenvalue weighted by molar-refractivity contribution is 7.94. The third-order valence-electron chi connectivity index (χ3n) is 2.89. The third-order valence-corrected chi connectivity index (χ3v) is 3.21. The van der Waals surface area contributed by atoms with Crippen molar-refractivity contribution in [2.75, 3.05) is 6.61 Å².